The summed E-state index contributed by atoms with van der Waals surface area (Å²) in [5.74, 6) is 0.265. The molecule has 0 bridgehead atoms. The molecule has 2 aromatic rings. The first-order valence-corrected chi connectivity index (χ1v) is 7.87. The van der Waals surface area contributed by atoms with Crippen molar-refractivity contribution >= 4 is 21.4 Å². The topological polar surface area (TPSA) is 99.2 Å². The second-order valence-corrected chi connectivity index (χ2v) is 6.20. The summed E-state index contributed by atoms with van der Waals surface area (Å²) in [6, 6.07) is 4.52. The van der Waals surface area contributed by atoms with Crippen LogP contribution in [0, 0.1) is 6.92 Å². The van der Waals surface area contributed by atoms with E-state index in [9.17, 15) is 8.42 Å². The van der Waals surface area contributed by atoms with Crippen LogP contribution in [0.15, 0.2) is 29.3 Å². The molecular formula is C13H18N4O3S. The summed E-state index contributed by atoms with van der Waals surface area (Å²) in [6.45, 7) is 3.87. The fourth-order valence-electron chi connectivity index (χ4n) is 1.91. The number of anilines is 2. The number of hydrogen-bond acceptors (Lipinski definition) is 5. The number of aryl methyl sites for hydroxylation is 2. The predicted octanol–water partition coefficient (Wildman–Crippen LogP) is 1.51. The summed E-state index contributed by atoms with van der Waals surface area (Å²) >= 11 is 0. The standard InChI is InChI=1S/C13H18N4O3S/c1-4-20-12-6-5-10(14)7-13(12)21(18,19)16-11-8-17(3)15-9(11)2/h5-8,16H,4,14H2,1-3H3. The lowest BCUT2D eigenvalue weighted by Gasteiger charge is -2.12. The van der Waals surface area contributed by atoms with Gasteiger partial charge in [-0.2, -0.15) is 5.10 Å². The maximum Gasteiger partial charge on any atom is 0.265 e. The molecule has 0 saturated carbocycles. The first-order valence-electron chi connectivity index (χ1n) is 6.39. The number of ether oxygens (including phenoxy) is 1. The van der Waals surface area contributed by atoms with Crippen LogP contribution in [0.1, 0.15) is 12.6 Å². The molecule has 0 fully saturated rings. The average Bonchev–Trinajstić information content (AvgIpc) is 2.69. The Balaban J connectivity index is 2.44. The third-order valence-electron chi connectivity index (χ3n) is 2.81. The fourth-order valence-corrected chi connectivity index (χ4v) is 3.19. The SMILES string of the molecule is CCOc1ccc(N)cc1S(=O)(=O)Nc1cn(C)nc1C. The highest BCUT2D eigenvalue weighted by Gasteiger charge is 2.21. The summed E-state index contributed by atoms with van der Waals surface area (Å²) in [5, 5.41) is 4.10. The minimum atomic E-state index is -3.81. The van der Waals surface area contributed by atoms with Gasteiger partial charge in [-0.05, 0) is 32.0 Å². The van der Waals surface area contributed by atoms with Gasteiger partial charge >= 0.3 is 0 Å². The molecule has 0 aliphatic carbocycles. The van der Waals surface area contributed by atoms with Gasteiger partial charge in [0.25, 0.3) is 10.0 Å². The van der Waals surface area contributed by atoms with Gasteiger partial charge in [0, 0.05) is 18.9 Å². The average molecular weight is 310 g/mol. The normalized spacial score (nSPS) is 11.4. The van der Waals surface area contributed by atoms with Crippen molar-refractivity contribution in [1.29, 1.82) is 0 Å². The molecule has 0 spiro atoms. The van der Waals surface area contributed by atoms with Gasteiger partial charge in [-0.3, -0.25) is 9.40 Å². The summed E-state index contributed by atoms with van der Waals surface area (Å²) in [5.41, 5.74) is 7.04. The maximum atomic E-state index is 12.5. The number of benzene rings is 1. The van der Waals surface area contributed by atoms with E-state index in [4.69, 9.17) is 10.5 Å². The minimum absolute atomic E-state index is 0.00704. The molecule has 21 heavy (non-hydrogen) atoms. The van der Waals surface area contributed by atoms with Crippen molar-refractivity contribution in [3.63, 3.8) is 0 Å². The van der Waals surface area contributed by atoms with Crippen LogP contribution in [0.5, 0.6) is 5.75 Å². The smallest absolute Gasteiger partial charge is 0.265 e. The molecule has 114 valence electrons. The van der Waals surface area contributed by atoms with Crippen molar-refractivity contribution in [2.24, 2.45) is 7.05 Å². The molecule has 1 heterocycles. The fraction of sp³-hybridized carbons (Fsp3) is 0.308. The molecule has 0 radical (unpaired) electrons. The summed E-state index contributed by atoms with van der Waals surface area (Å²) in [7, 11) is -2.09. The van der Waals surface area contributed by atoms with E-state index >= 15 is 0 Å². The third-order valence-corrected chi connectivity index (χ3v) is 4.20. The van der Waals surface area contributed by atoms with Crippen molar-refractivity contribution in [2.75, 3.05) is 17.1 Å². The number of nitrogens with one attached hydrogen (secondary N) is 1. The Morgan fingerprint density at radius 3 is 2.71 bits per heavy atom. The number of nitrogens with zero attached hydrogens (tertiary/aromatic N) is 2. The number of nitrogens with two attached hydrogens (primary N) is 1. The zero-order valence-electron chi connectivity index (χ0n) is 12.1. The van der Waals surface area contributed by atoms with Crippen molar-refractivity contribution < 1.29 is 13.2 Å². The predicted molar refractivity (Wildman–Crippen MR) is 80.8 cm³/mol. The van der Waals surface area contributed by atoms with Crippen molar-refractivity contribution in [1.82, 2.24) is 9.78 Å². The first-order chi connectivity index (χ1) is 9.83. The summed E-state index contributed by atoms with van der Waals surface area (Å²) in [4.78, 5) is 0.00704. The molecule has 1 aromatic heterocycles. The highest BCUT2D eigenvalue weighted by molar-refractivity contribution is 7.92. The zero-order chi connectivity index (χ0) is 15.6. The molecule has 0 aliphatic heterocycles. The second-order valence-electron chi connectivity index (χ2n) is 4.55. The monoisotopic (exact) mass is 310 g/mol. The van der Waals surface area contributed by atoms with Crippen LogP contribution in [0.3, 0.4) is 0 Å². The molecular weight excluding hydrogens is 292 g/mol. The number of sulfonamides is 1. The van der Waals surface area contributed by atoms with Crippen molar-refractivity contribution in [2.45, 2.75) is 18.7 Å². The Bertz CT molecular complexity index is 753. The van der Waals surface area contributed by atoms with Gasteiger partial charge in [0.05, 0.1) is 18.0 Å². The molecule has 2 rings (SSSR count). The van der Waals surface area contributed by atoms with Crippen molar-refractivity contribution in [3.8, 4) is 5.75 Å². The largest absolute Gasteiger partial charge is 0.492 e. The van der Waals surface area contributed by atoms with Gasteiger partial charge in [-0.25, -0.2) is 8.42 Å². The first kappa shape index (κ1) is 15.2. The Morgan fingerprint density at radius 2 is 2.14 bits per heavy atom. The Labute approximate surface area is 123 Å². The van der Waals surface area contributed by atoms with Gasteiger partial charge in [0.1, 0.15) is 10.6 Å². The molecule has 7 nitrogen and oxygen atoms in total. The van der Waals surface area contributed by atoms with E-state index in [1.165, 1.54) is 10.7 Å². The number of hydrogen-bond donors (Lipinski definition) is 2. The number of rotatable bonds is 5. The van der Waals surface area contributed by atoms with Crippen LogP contribution in [-0.4, -0.2) is 24.8 Å². The lowest BCUT2D eigenvalue weighted by atomic mass is 10.3. The molecule has 0 saturated heterocycles. The van der Waals surface area contributed by atoms with Crippen LogP contribution in [0.4, 0.5) is 11.4 Å². The zero-order valence-corrected chi connectivity index (χ0v) is 12.9. The van der Waals surface area contributed by atoms with Gasteiger partial charge < -0.3 is 10.5 Å². The van der Waals surface area contributed by atoms with Gasteiger partial charge in [0.15, 0.2) is 0 Å². The van der Waals surface area contributed by atoms with E-state index in [0.29, 0.717) is 23.7 Å². The van der Waals surface area contributed by atoms with Crippen LogP contribution < -0.4 is 15.2 Å². The Hall–Kier alpha value is -2.22. The number of nitrogen functional groups attached to an aromatic ring is 1. The van der Waals surface area contributed by atoms with Crippen LogP contribution in [0.2, 0.25) is 0 Å². The molecule has 0 aliphatic rings. The van der Waals surface area contributed by atoms with Crippen LogP contribution in [-0.2, 0) is 17.1 Å². The second kappa shape index (κ2) is 5.65. The molecule has 3 N–H and O–H groups in total. The van der Waals surface area contributed by atoms with Gasteiger partial charge in [-0.15, -0.1) is 0 Å². The van der Waals surface area contributed by atoms with Gasteiger partial charge in [-0.1, -0.05) is 0 Å². The molecule has 1 aromatic carbocycles. The lowest BCUT2D eigenvalue weighted by molar-refractivity contribution is 0.331. The molecule has 0 amide bonds. The van der Waals surface area contributed by atoms with E-state index in [0.717, 1.165) is 0 Å². The van der Waals surface area contributed by atoms with E-state index in [2.05, 4.69) is 9.82 Å². The van der Waals surface area contributed by atoms with Crippen molar-refractivity contribution in [3.05, 3.63) is 30.1 Å². The minimum Gasteiger partial charge on any atom is -0.492 e. The summed E-state index contributed by atoms with van der Waals surface area (Å²) < 4.78 is 34.5. The lowest BCUT2D eigenvalue weighted by Crippen LogP contribution is -2.15. The van der Waals surface area contributed by atoms with Crippen LogP contribution in [0.25, 0.3) is 0 Å². The Kier molecular flexibility index (Phi) is 4.08. The van der Waals surface area contributed by atoms with E-state index in [1.54, 1.807) is 39.2 Å². The quantitative estimate of drug-likeness (QED) is 0.816. The molecule has 0 atom stereocenters. The Morgan fingerprint density at radius 1 is 1.43 bits per heavy atom. The highest BCUT2D eigenvalue weighted by Crippen LogP contribution is 2.28. The highest BCUT2D eigenvalue weighted by atomic mass is 32.2. The van der Waals surface area contributed by atoms with E-state index in [1.807, 2.05) is 0 Å². The van der Waals surface area contributed by atoms with E-state index in [-0.39, 0.29) is 10.6 Å². The molecule has 8 heteroatoms. The van der Waals surface area contributed by atoms with E-state index < -0.39 is 10.0 Å². The summed E-state index contributed by atoms with van der Waals surface area (Å²) in [6.07, 6.45) is 1.60. The van der Waals surface area contributed by atoms with Crippen LogP contribution >= 0.6 is 0 Å². The maximum absolute atomic E-state index is 12.5. The third kappa shape index (κ3) is 3.27. The van der Waals surface area contributed by atoms with Gasteiger partial charge in [0.2, 0.25) is 0 Å². The number of aromatic nitrogens is 2. The molecule has 0 unspecified atom stereocenters.